The highest BCUT2D eigenvalue weighted by molar-refractivity contribution is 6.24. The molecule has 1 atom stereocenters. The summed E-state index contributed by atoms with van der Waals surface area (Å²) in [7, 11) is 0. The van der Waals surface area contributed by atoms with E-state index >= 15 is 0 Å². The number of halogens is 3. The first-order valence-corrected chi connectivity index (χ1v) is 4.90. The van der Waals surface area contributed by atoms with Gasteiger partial charge in [0, 0.05) is 0 Å². The molecule has 0 bridgehead atoms. The highest BCUT2D eigenvalue weighted by Gasteiger charge is 2.56. The molecule has 0 aliphatic carbocycles. The van der Waals surface area contributed by atoms with E-state index in [1.54, 1.807) is 0 Å². The van der Waals surface area contributed by atoms with Gasteiger partial charge in [0.05, 0.1) is 6.61 Å². The molecule has 0 aliphatic heterocycles. The largest absolute Gasteiger partial charge is 0.464 e. The number of hydrogen-bond donors (Lipinski definition) is 2. The summed E-state index contributed by atoms with van der Waals surface area (Å²) in [4.78, 5) is 11.3. The van der Waals surface area contributed by atoms with Gasteiger partial charge in [-0.05, 0) is 37.9 Å². The molecule has 0 rings (SSSR count). The summed E-state index contributed by atoms with van der Waals surface area (Å²) in [6.07, 6.45) is -0.156. The van der Waals surface area contributed by atoms with Gasteiger partial charge in [0.2, 0.25) is 0 Å². The fourth-order valence-corrected chi connectivity index (χ4v) is 1.17. The molecule has 0 saturated heterocycles. The van der Waals surface area contributed by atoms with Crippen LogP contribution in [0, 0.1) is 0 Å². The van der Waals surface area contributed by atoms with Crippen molar-refractivity contribution in [2.24, 2.45) is 11.5 Å². The van der Waals surface area contributed by atoms with Gasteiger partial charge < -0.3 is 16.2 Å². The maximum Gasteiger partial charge on any atom is 0.350 e. The quantitative estimate of drug-likeness (QED) is 0.536. The molecule has 0 aromatic heterocycles. The summed E-state index contributed by atoms with van der Waals surface area (Å²) < 4.78 is 30.4. The van der Waals surface area contributed by atoms with Gasteiger partial charge >= 0.3 is 11.4 Å². The molecule has 4 N–H and O–H groups in total. The van der Waals surface area contributed by atoms with E-state index < -0.39 is 16.9 Å². The smallest absolute Gasteiger partial charge is 0.350 e. The standard InChI is InChI=1S/C8H15ClF2N2O2/c1-2-15-6(14)7(13,4-3-5-12)8(9,10)11/h2-5,12-13H2,1H3/t7-/m1/s1. The molecule has 0 heterocycles. The zero-order chi connectivity index (χ0) is 12.1. The number of hydrogen-bond acceptors (Lipinski definition) is 4. The van der Waals surface area contributed by atoms with E-state index in [2.05, 4.69) is 4.74 Å². The third-order valence-electron chi connectivity index (χ3n) is 1.92. The van der Waals surface area contributed by atoms with E-state index in [9.17, 15) is 13.6 Å². The number of esters is 1. The molecule has 0 aromatic rings. The van der Waals surface area contributed by atoms with Crippen LogP contribution >= 0.6 is 11.6 Å². The van der Waals surface area contributed by atoms with E-state index in [1.165, 1.54) is 6.92 Å². The molecule has 0 amide bonds. The molecular formula is C8H15ClF2N2O2. The minimum absolute atomic E-state index is 0.0343. The van der Waals surface area contributed by atoms with Gasteiger partial charge in [-0.25, -0.2) is 4.79 Å². The highest BCUT2D eigenvalue weighted by Crippen LogP contribution is 2.35. The molecule has 0 aliphatic rings. The van der Waals surface area contributed by atoms with Crippen LogP contribution < -0.4 is 11.5 Å². The lowest BCUT2D eigenvalue weighted by atomic mass is 9.95. The molecule has 0 fully saturated rings. The minimum atomic E-state index is -3.85. The van der Waals surface area contributed by atoms with Crippen LogP contribution in [-0.4, -0.2) is 30.0 Å². The zero-order valence-corrected chi connectivity index (χ0v) is 9.19. The van der Waals surface area contributed by atoms with Crippen LogP contribution in [0.3, 0.4) is 0 Å². The molecule has 0 saturated carbocycles. The van der Waals surface area contributed by atoms with Crippen molar-refractivity contribution >= 4 is 17.6 Å². The van der Waals surface area contributed by atoms with Crippen molar-refractivity contribution in [2.75, 3.05) is 13.2 Å². The minimum Gasteiger partial charge on any atom is -0.464 e. The van der Waals surface area contributed by atoms with Crippen LogP contribution in [0.5, 0.6) is 0 Å². The van der Waals surface area contributed by atoms with Gasteiger partial charge in [-0.15, -0.1) is 0 Å². The van der Waals surface area contributed by atoms with Crippen molar-refractivity contribution in [2.45, 2.75) is 30.7 Å². The molecule has 15 heavy (non-hydrogen) atoms. The Kier molecular flexibility index (Phi) is 5.41. The second-order valence-electron chi connectivity index (χ2n) is 3.08. The second kappa shape index (κ2) is 5.58. The first-order valence-electron chi connectivity index (χ1n) is 4.52. The van der Waals surface area contributed by atoms with Crippen LogP contribution in [-0.2, 0) is 9.53 Å². The lowest BCUT2D eigenvalue weighted by molar-refractivity contribution is -0.159. The van der Waals surface area contributed by atoms with Crippen molar-refractivity contribution in [1.82, 2.24) is 0 Å². The van der Waals surface area contributed by atoms with Crippen LogP contribution in [0.15, 0.2) is 0 Å². The van der Waals surface area contributed by atoms with Gasteiger partial charge in [-0.2, -0.15) is 8.78 Å². The molecular weight excluding hydrogens is 230 g/mol. The summed E-state index contributed by atoms with van der Waals surface area (Å²) in [6.45, 7) is 1.60. The number of nitrogens with two attached hydrogens (primary N) is 2. The number of ether oxygens (including phenoxy) is 1. The van der Waals surface area contributed by atoms with Gasteiger partial charge in [0.1, 0.15) is 0 Å². The van der Waals surface area contributed by atoms with E-state index in [0.717, 1.165) is 0 Å². The van der Waals surface area contributed by atoms with Crippen molar-refractivity contribution < 1.29 is 18.3 Å². The van der Waals surface area contributed by atoms with Crippen molar-refractivity contribution in [3.8, 4) is 0 Å². The lowest BCUT2D eigenvalue weighted by Gasteiger charge is -2.30. The predicted octanol–water partition coefficient (Wildman–Crippen LogP) is 0.817. The van der Waals surface area contributed by atoms with Gasteiger partial charge in [0.25, 0.3) is 0 Å². The Morgan fingerprint density at radius 3 is 2.40 bits per heavy atom. The Labute approximate surface area is 91.9 Å². The van der Waals surface area contributed by atoms with Gasteiger partial charge in [-0.1, -0.05) is 0 Å². The van der Waals surface area contributed by atoms with Crippen molar-refractivity contribution in [3.63, 3.8) is 0 Å². The number of carbonyl (C=O) groups excluding carboxylic acids is 1. The first kappa shape index (κ1) is 14.5. The molecule has 4 nitrogen and oxygen atoms in total. The van der Waals surface area contributed by atoms with E-state index in [-0.39, 0.29) is 26.0 Å². The Hall–Kier alpha value is -0.460. The molecule has 0 unspecified atom stereocenters. The van der Waals surface area contributed by atoms with E-state index in [4.69, 9.17) is 23.1 Å². The van der Waals surface area contributed by atoms with Crippen LogP contribution in [0.1, 0.15) is 19.8 Å². The van der Waals surface area contributed by atoms with Crippen LogP contribution in [0.25, 0.3) is 0 Å². The SMILES string of the molecule is CCOC(=O)[C@](N)(CCCN)C(F)(F)Cl. The van der Waals surface area contributed by atoms with E-state index in [0.29, 0.717) is 0 Å². The monoisotopic (exact) mass is 244 g/mol. The topological polar surface area (TPSA) is 78.3 Å². The molecule has 0 aromatic carbocycles. The third-order valence-corrected chi connectivity index (χ3v) is 2.26. The summed E-state index contributed by atoms with van der Waals surface area (Å²) in [5.41, 5.74) is 7.93. The average molecular weight is 245 g/mol. The Morgan fingerprint density at radius 2 is 2.07 bits per heavy atom. The summed E-state index contributed by atoms with van der Waals surface area (Å²) in [6, 6.07) is 0. The lowest BCUT2D eigenvalue weighted by Crippen LogP contribution is -2.60. The molecule has 0 spiro atoms. The fourth-order valence-electron chi connectivity index (χ4n) is 1.00. The summed E-state index contributed by atoms with van der Waals surface area (Å²) in [5, 5.41) is -3.85. The third kappa shape index (κ3) is 3.55. The Bertz CT molecular complexity index is 223. The van der Waals surface area contributed by atoms with Crippen molar-refractivity contribution in [1.29, 1.82) is 0 Å². The molecule has 0 radical (unpaired) electrons. The van der Waals surface area contributed by atoms with Crippen LogP contribution in [0.2, 0.25) is 0 Å². The Balaban J connectivity index is 4.77. The molecule has 7 heteroatoms. The van der Waals surface area contributed by atoms with Crippen molar-refractivity contribution in [3.05, 3.63) is 0 Å². The summed E-state index contributed by atoms with van der Waals surface area (Å²) >= 11 is 4.81. The average Bonchev–Trinajstić information content (AvgIpc) is 2.12. The van der Waals surface area contributed by atoms with E-state index in [1.807, 2.05) is 0 Å². The second-order valence-corrected chi connectivity index (χ2v) is 3.56. The molecule has 90 valence electrons. The summed E-state index contributed by atoms with van der Waals surface area (Å²) in [5.74, 6) is -1.21. The number of carbonyl (C=O) groups is 1. The number of rotatable bonds is 6. The predicted molar refractivity (Wildman–Crippen MR) is 52.6 cm³/mol. The fraction of sp³-hybridized carbons (Fsp3) is 0.875. The number of alkyl halides is 3. The highest BCUT2D eigenvalue weighted by atomic mass is 35.5. The Morgan fingerprint density at radius 1 is 1.53 bits per heavy atom. The maximum atomic E-state index is 13.0. The zero-order valence-electron chi connectivity index (χ0n) is 8.43. The maximum absolute atomic E-state index is 13.0. The van der Waals surface area contributed by atoms with Gasteiger partial charge in [0.15, 0.2) is 5.54 Å². The first-order chi connectivity index (χ1) is 6.79. The normalized spacial score (nSPS) is 15.9. The van der Waals surface area contributed by atoms with Gasteiger partial charge in [-0.3, -0.25) is 0 Å². The van der Waals surface area contributed by atoms with Crippen LogP contribution in [0.4, 0.5) is 8.78 Å².